The van der Waals surface area contributed by atoms with Gasteiger partial charge in [0.1, 0.15) is 5.69 Å². The molecule has 7 heteroatoms. The van der Waals surface area contributed by atoms with Gasteiger partial charge in [0, 0.05) is 26.0 Å². The molecule has 1 fully saturated rings. The summed E-state index contributed by atoms with van der Waals surface area (Å²) in [6.45, 7) is 0.712. The fourth-order valence-corrected chi connectivity index (χ4v) is 2.57. The Morgan fingerprint density at radius 2 is 2.30 bits per heavy atom. The molecule has 1 amide bonds. The number of hydrogen-bond donors (Lipinski definition) is 1. The van der Waals surface area contributed by atoms with E-state index in [-0.39, 0.29) is 17.9 Å². The molecule has 20 heavy (non-hydrogen) atoms. The molecule has 0 bridgehead atoms. The standard InChI is InChI=1S/C13H16N6O/c1-18-8-5-10(17-18)12(20)19-7-2-3-11(19)9-4-6-15-13(14)16-9/h4-6,8,11H,2-3,7H2,1H3,(H2,14,15,16)/t11-/m1/s1. The minimum atomic E-state index is -0.0646. The highest BCUT2D eigenvalue weighted by atomic mass is 16.2. The van der Waals surface area contributed by atoms with E-state index in [0.29, 0.717) is 12.2 Å². The normalized spacial score (nSPS) is 18.4. The summed E-state index contributed by atoms with van der Waals surface area (Å²) in [6, 6.07) is 3.49. The number of carbonyl (C=O) groups is 1. The first-order chi connectivity index (χ1) is 9.65. The van der Waals surface area contributed by atoms with Gasteiger partial charge in [0.05, 0.1) is 11.7 Å². The van der Waals surface area contributed by atoms with Gasteiger partial charge in [0.15, 0.2) is 0 Å². The van der Waals surface area contributed by atoms with E-state index >= 15 is 0 Å². The number of aromatic nitrogens is 4. The van der Waals surface area contributed by atoms with Crippen LogP contribution in [0.5, 0.6) is 0 Å². The Bertz CT molecular complexity index is 637. The molecule has 0 radical (unpaired) electrons. The lowest BCUT2D eigenvalue weighted by Gasteiger charge is -2.23. The Kier molecular flexibility index (Phi) is 3.09. The van der Waals surface area contributed by atoms with Crippen LogP contribution in [0.3, 0.4) is 0 Å². The average molecular weight is 272 g/mol. The molecule has 2 aromatic rings. The number of amides is 1. The quantitative estimate of drug-likeness (QED) is 0.872. The van der Waals surface area contributed by atoms with E-state index in [1.165, 1.54) is 0 Å². The fraction of sp³-hybridized carbons (Fsp3) is 0.385. The van der Waals surface area contributed by atoms with E-state index in [0.717, 1.165) is 18.5 Å². The molecule has 2 aromatic heterocycles. The van der Waals surface area contributed by atoms with Crippen molar-refractivity contribution in [1.29, 1.82) is 0 Å². The van der Waals surface area contributed by atoms with Crippen LogP contribution in [0.4, 0.5) is 5.95 Å². The van der Waals surface area contributed by atoms with Crippen molar-refractivity contribution in [2.45, 2.75) is 18.9 Å². The van der Waals surface area contributed by atoms with Gasteiger partial charge >= 0.3 is 0 Å². The van der Waals surface area contributed by atoms with Crippen LogP contribution in [-0.2, 0) is 7.05 Å². The number of likely N-dealkylation sites (tertiary alicyclic amines) is 1. The van der Waals surface area contributed by atoms with Crippen LogP contribution in [0.1, 0.15) is 35.1 Å². The summed E-state index contributed by atoms with van der Waals surface area (Å²) < 4.78 is 1.63. The summed E-state index contributed by atoms with van der Waals surface area (Å²) in [5.41, 5.74) is 6.87. The third-order valence-corrected chi connectivity index (χ3v) is 3.48. The number of carbonyl (C=O) groups excluding carboxylic acids is 1. The molecule has 7 nitrogen and oxygen atoms in total. The van der Waals surface area contributed by atoms with Crippen LogP contribution in [0, 0.1) is 0 Å². The number of hydrogen-bond acceptors (Lipinski definition) is 5. The second-order valence-corrected chi connectivity index (χ2v) is 4.87. The molecule has 104 valence electrons. The van der Waals surface area contributed by atoms with Crippen molar-refractivity contribution >= 4 is 11.9 Å². The summed E-state index contributed by atoms with van der Waals surface area (Å²) in [7, 11) is 1.80. The predicted octanol–water partition coefficient (Wildman–Crippen LogP) is 0.770. The van der Waals surface area contributed by atoms with Crippen LogP contribution in [-0.4, -0.2) is 37.1 Å². The van der Waals surface area contributed by atoms with Gasteiger partial charge in [-0.1, -0.05) is 0 Å². The van der Waals surface area contributed by atoms with E-state index in [1.807, 2.05) is 11.0 Å². The van der Waals surface area contributed by atoms with Gasteiger partial charge in [-0.3, -0.25) is 9.48 Å². The molecular formula is C13H16N6O. The van der Waals surface area contributed by atoms with Gasteiger partial charge in [-0.25, -0.2) is 9.97 Å². The molecule has 0 spiro atoms. The Hall–Kier alpha value is -2.44. The lowest BCUT2D eigenvalue weighted by atomic mass is 10.1. The third kappa shape index (κ3) is 2.22. The van der Waals surface area contributed by atoms with E-state index < -0.39 is 0 Å². The van der Waals surface area contributed by atoms with Crippen molar-refractivity contribution in [2.75, 3.05) is 12.3 Å². The number of rotatable bonds is 2. The predicted molar refractivity (Wildman–Crippen MR) is 72.7 cm³/mol. The minimum Gasteiger partial charge on any atom is -0.368 e. The molecule has 0 aliphatic carbocycles. The first kappa shape index (κ1) is 12.6. The summed E-state index contributed by atoms with van der Waals surface area (Å²) in [5.74, 6) is 0.171. The number of anilines is 1. The van der Waals surface area contributed by atoms with Crippen molar-refractivity contribution < 1.29 is 4.79 Å². The fourth-order valence-electron chi connectivity index (χ4n) is 2.57. The van der Waals surface area contributed by atoms with Gasteiger partial charge < -0.3 is 10.6 Å². The maximum absolute atomic E-state index is 12.5. The average Bonchev–Trinajstić information content (AvgIpc) is 3.06. The number of nitrogens with zero attached hydrogens (tertiary/aromatic N) is 5. The van der Waals surface area contributed by atoms with Crippen molar-refractivity contribution in [3.63, 3.8) is 0 Å². The molecule has 0 saturated carbocycles. The van der Waals surface area contributed by atoms with Gasteiger partial charge in [-0.15, -0.1) is 0 Å². The molecule has 1 atom stereocenters. The van der Waals surface area contributed by atoms with Gasteiger partial charge in [0.25, 0.3) is 5.91 Å². The molecule has 2 N–H and O–H groups in total. The Morgan fingerprint density at radius 3 is 3.00 bits per heavy atom. The summed E-state index contributed by atoms with van der Waals surface area (Å²) >= 11 is 0. The van der Waals surface area contributed by atoms with Gasteiger partial charge in [-0.05, 0) is 25.0 Å². The van der Waals surface area contributed by atoms with E-state index in [1.54, 1.807) is 30.2 Å². The number of nitrogen functional groups attached to an aromatic ring is 1. The van der Waals surface area contributed by atoms with Gasteiger partial charge in [0.2, 0.25) is 5.95 Å². The first-order valence-corrected chi connectivity index (χ1v) is 6.54. The third-order valence-electron chi connectivity index (χ3n) is 3.48. The second kappa shape index (κ2) is 4.92. The molecule has 3 heterocycles. The zero-order chi connectivity index (χ0) is 14.1. The van der Waals surface area contributed by atoms with E-state index in [9.17, 15) is 4.79 Å². The lowest BCUT2D eigenvalue weighted by Crippen LogP contribution is -2.31. The summed E-state index contributed by atoms with van der Waals surface area (Å²) in [6.07, 6.45) is 5.22. The van der Waals surface area contributed by atoms with Crippen LogP contribution in [0.2, 0.25) is 0 Å². The zero-order valence-corrected chi connectivity index (χ0v) is 11.2. The zero-order valence-electron chi connectivity index (χ0n) is 11.2. The minimum absolute atomic E-state index is 0.0465. The SMILES string of the molecule is Cn1ccc(C(=O)N2CCC[C@@H]2c2ccnc(N)n2)n1. The van der Waals surface area contributed by atoms with Gasteiger partial charge in [-0.2, -0.15) is 5.10 Å². The molecular weight excluding hydrogens is 256 g/mol. The van der Waals surface area contributed by atoms with Crippen LogP contribution in [0.25, 0.3) is 0 Å². The molecule has 3 rings (SSSR count). The molecule has 1 aliphatic heterocycles. The maximum atomic E-state index is 12.5. The lowest BCUT2D eigenvalue weighted by molar-refractivity contribution is 0.0726. The van der Waals surface area contributed by atoms with E-state index in [4.69, 9.17) is 5.73 Å². The highest BCUT2D eigenvalue weighted by Gasteiger charge is 2.32. The molecule has 0 aromatic carbocycles. The van der Waals surface area contributed by atoms with Crippen molar-refractivity contribution in [3.8, 4) is 0 Å². The first-order valence-electron chi connectivity index (χ1n) is 6.54. The highest BCUT2D eigenvalue weighted by Crippen LogP contribution is 2.31. The highest BCUT2D eigenvalue weighted by molar-refractivity contribution is 5.92. The molecule has 0 unspecified atom stereocenters. The molecule has 1 aliphatic rings. The van der Waals surface area contributed by atoms with E-state index in [2.05, 4.69) is 15.1 Å². The summed E-state index contributed by atoms with van der Waals surface area (Å²) in [5, 5.41) is 4.17. The van der Waals surface area contributed by atoms with Crippen LogP contribution >= 0.6 is 0 Å². The number of aryl methyl sites for hydroxylation is 1. The topological polar surface area (TPSA) is 89.9 Å². The Balaban J connectivity index is 1.87. The Labute approximate surface area is 116 Å². The second-order valence-electron chi connectivity index (χ2n) is 4.87. The molecule has 1 saturated heterocycles. The van der Waals surface area contributed by atoms with Crippen molar-refractivity contribution in [2.24, 2.45) is 7.05 Å². The summed E-state index contributed by atoms with van der Waals surface area (Å²) in [4.78, 5) is 22.4. The monoisotopic (exact) mass is 272 g/mol. The number of nitrogens with two attached hydrogens (primary N) is 1. The Morgan fingerprint density at radius 1 is 1.45 bits per heavy atom. The van der Waals surface area contributed by atoms with Crippen molar-refractivity contribution in [3.05, 3.63) is 35.9 Å². The van der Waals surface area contributed by atoms with Crippen molar-refractivity contribution in [1.82, 2.24) is 24.6 Å². The maximum Gasteiger partial charge on any atom is 0.274 e. The smallest absolute Gasteiger partial charge is 0.274 e. The largest absolute Gasteiger partial charge is 0.368 e. The van der Waals surface area contributed by atoms with Crippen LogP contribution < -0.4 is 5.73 Å². The van der Waals surface area contributed by atoms with Crippen LogP contribution in [0.15, 0.2) is 24.5 Å².